The molecule has 0 saturated heterocycles. The Hall–Kier alpha value is -2.97. The topological polar surface area (TPSA) is 255 Å². The van der Waals surface area contributed by atoms with Crippen LogP contribution in [0.2, 0.25) is 0 Å². The van der Waals surface area contributed by atoms with E-state index in [9.17, 15) is 34.5 Å². The lowest BCUT2D eigenvalue weighted by Crippen LogP contribution is -2.62. The van der Waals surface area contributed by atoms with Gasteiger partial charge in [-0.1, -0.05) is 13.8 Å². The summed E-state index contributed by atoms with van der Waals surface area (Å²) in [5, 5.41) is 36.1. The van der Waals surface area contributed by atoms with Crippen molar-refractivity contribution in [3.05, 3.63) is 0 Å². The molecule has 0 aliphatic carbocycles. The smallest absolute Gasteiger partial charge is 0.326 e. The number of nitrogens with two attached hydrogens (primary N) is 3. The van der Waals surface area contributed by atoms with Crippen molar-refractivity contribution in [1.29, 1.82) is 0 Å². The van der Waals surface area contributed by atoms with Crippen LogP contribution in [-0.4, -0.2) is 87.9 Å². The summed E-state index contributed by atoms with van der Waals surface area (Å²) in [6.45, 7) is 6.01. The van der Waals surface area contributed by atoms with Gasteiger partial charge in [-0.15, -0.1) is 0 Å². The van der Waals surface area contributed by atoms with Gasteiger partial charge in [-0.3, -0.25) is 19.4 Å². The molecule has 6 unspecified atom stereocenters. The zero-order valence-electron chi connectivity index (χ0n) is 19.3. The Balaban J connectivity index is 5.31. The summed E-state index contributed by atoms with van der Waals surface area (Å²) < 4.78 is 0. The Kier molecular flexibility index (Phi) is 13.0. The lowest BCUT2D eigenvalue weighted by Gasteiger charge is -2.28. The molecule has 190 valence electrons. The first kappa shape index (κ1) is 30.0. The lowest BCUT2D eigenvalue weighted by atomic mass is 10.0. The number of nitrogens with one attached hydrogen (secondary N) is 3. The predicted molar refractivity (Wildman–Crippen MR) is 120 cm³/mol. The molecule has 0 aromatic carbocycles. The van der Waals surface area contributed by atoms with E-state index in [1.165, 1.54) is 13.8 Å². The number of aliphatic hydroxyl groups is 2. The molecule has 0 aliphatic heterocycles. The van der Waals surface area contributed by atoms with Gasteiger partial charge in [-0.25, -0.2) is 4.79 Å². The van der Waals surface area contributed by atoms with E-state index in [0.717, 1.165) is 0 Å². The summed E-state index contributed by atoms with van der Waals surface area (Å²) in [4.78, 5) is 52.7. The fourth-order valence-electron chi connectivity index (χ4n) is 2.63. The molecule has 6 atom stereocenters. The lowest BCUT2D eigenvalue weighted by molar-refractivity contribution is -0.143. The van der Waals surface area contributed by atoms with Gasteiger partial charge in [-0.05, 0) is 32.6 Å². The molecule has 33 heavy (non-hydrogen) atoms. The molecule has 14 heteroatoms. The first-order valence-corrected chi connectivity index (χ1v) is 10.5. The van der Waals surface area contributed by atoms with Gasteiger partial charge in [-0.2, -0.15) is 0 Å². The summed E-state index contributed by atoms with van der Waals surface area (Å²) in [6, 6.07) is -5.30. The molecule has 0 fully saturated rings. The normalized spacial score (nSPS) is 16.5. The molecule has 0 bridgehead atoms. The van der Waals surface area contributed by atoms with E-state index >= 15 is 0 Å². The van der Waals surface area contributed by atoms with E-state index in [1.807, 2.05) is 0 Å². The van der Waals surface area contributed by atoms with Crippen molar-refractivity contribution in [1.82, 2.24) is 16.0 Å². The fourth-order valence-corrected chi connectivity index (χ4v) is 2.63. The molecule has 0 aliphatic rings. The van der Waals surface area contributed by atoms with Gasteiger partial charge < -0.3 is 48.5 Å². The Labute approximate surface area is 192 Å². The van der Waals surface area contributed by atoms with Crippen LogP contribution in [0.3, 0.4) is 0 Å². The van der Waals surface area contributed by atoms with Crippen molar-refractivity contribution in [2.75, 3.05) is 6.54 Å². The van der Waals surface area contributed by atoms with E-state index in [0.29, 0.717) is 0 Å². The minimum Gasteiger partial charge on any atom is -0.480 e. The molecule has 0 saturated carbocycles. The van der Waals surface area contributed by atoms with E-state index in [-0.39, 0.29) is 31.3 Å². The first-order valence-electron chi connectivity index (χ1n) is 10.5. The summed E-state index contributed by atoms with van der Waals surface area (Å²) >= 11 is 0. The van der Waals surface area contributed by atoms with Gasteiger partial charge in [0.1, 0.15) is 18.1 Å². The van der Waals surface area contributed by atoms with Gasteiger partial charge >= 0.3 is 5.97 Å². The number of rotatable bonds is 14. The maximum absolute atomic E-state index is 12.7. The van der Waals surface area contributed by atoms with Gasteiger partial charge in [0.25, 0.3) is 0 Å². The third kappa shape index (κ3) is 10.9. The molecule has 0 spiro atoms. The van der Waals surface area contributed by atoms with Crippen LogP contribution in [0, 0.1) is 5.92 Å². The second-order valence-electron chi connectivity index (χ2n) is 8.07. The van der Waals surface area contributed by atoms with Crippen molar-refractivity contribution in [2.24, 2.45) is 28.1 Å². The van der Waals surface area contributed by atoms with Crippen LogP contribution in [0.15, 0.2) is 4.99 Å². The number of carboxylic acid groups (broad SMARTS) is 1. The average Bonchev–Trinajstić information content (AvgIpc) is 2.70. The number of aliphatic hydroxyl groups excluding tert-OH is 2. The van der Waals surface area contributed by atoms with Crippen LogP contribution >= 0.6 is 0 Å². The van der Waals surface area contributed by atoms with Crippen LogP contribution in [0.1, 0.15) is 40.5 Å². The Morgan fingerprint density at radius 3 is 1.70 bits per heavy atom. The van der Waals surface area contributed by atoms with E-state index in [2.05, 4.69) is 20.9 Å². The van der Waals surface area contributed by atoms with Crippen LogP contribution in [-0.2, 0) is 19.2 Å². The number of aliphatic imine (C=N–C) groups is 1. The first-order chi connectivity index (χ1) is 15.2. The Morgan fingerprint density at radius 2 is 1.30 bits per heavy atom. The minimum atomic E-state index is -1.56. The minimum absolute atomic E-state index is 0.0161. The highest BCUT2D eigenvalue weighted by Crippen LogP contribution is 2.04. The average molecular weight is 476 g/mol. The summed E-state index contributed by atoms with van der Waals surface area (Å²) in [6.07, 6.45) is -2.55. The highest BCUT2D eigenvalue weighted by atomic mass is 16.4. The molecule has 0 radical (unpaired) electrons. The number of carbonyl (C=O) groups excluding carboxylic acids is 3. The Bertz CT molecular complexity index is 709. The van der Waals surface area contributed by atoms with Gasteiger partial charge in [0.15, 0.2) is 5.96 Å². The van der Waals surface area contributed by atoms with E-state index in [4.69, 9.17) is 17.2 Å². The number of hydrogen-bond acceptors (Lipinski definition) is 8. The van der Waals surface area contributed by atoms with Crippen LogP contribution in [0.25, 0.3) is 0 Å². The second-order valence-corrected chi connectivity index (χ2v) is 8.07. The number of guanidine groups is 1. The van der Waals surface area contributed by atoms with Crippen molar-refractivity contribution in [3.8, 4) is 0 Å². The standard InChI is InChI=1S/C19H37N7O7/c1-8(2)12(20)15(29)25-14(10(4)28)17(31)26-13(9(3)27)16(30)24-11(18(32)33)6-5-7-23-19(21)22/h8-14,27-28H,5-7,20H2,1-4H3,(H,24,30)(H,25,29)(H,26,31)(H,32,33)(H4,21,22,23). The SMILES string of the molecule is CC(C)C(N)C(=O)NC(C(=O)NC(C(=O)NC(CCCN=C(N)N)C(=O)O)C(C)O)C(C)O. The van der Waals surface area contributed by atoms with Crippen molar-refractivity contribution in [2.45, 2.75) is 76.9 Å². The summed E-state index contributed by atoms with van der Waals surface area (Å²) in [5.74, 6) is -4.34. The molecule has 0 rings (SSSR count). The van der Waals surface area contributed by atoms with Crippen molar-refractivity contribution in [3.63, 3.8) is 0 Å². The molecule has 0 heterocycles. The molecule has 0 aromatic heterocycles. The van der Waals surface area contributed by atoms with Crippen LogP contribution < -0.4 is 33.2 Å². The molecule has 3 amide bonds. The van der Waals surface area contributed by atoms with E-state index < -0.39 is 60.1 Å². The Morgan fingerprint density at radius 1 is 0.848 bits per heavy atom. The highest BCUT2D eigenvalue weighted by Gasteiger charge is 2.34. The molecule has 14 nitrogen and oxygen atoms in total. The maximum atomic E-state index is 12.7. The zero-order chi connectivity index (χ0) is 25.9. The van der Waals surface area contributed by atoms with Gasteiger partial charge in [0, 0.05) is 6.54 Å². The third-order valence-electron chi connectivity index (χ3n) is 4.71. The number of hydrogen-bond donors (Lipinski definition) is 9. The third-order valence-corrected chi connectivity index (χ3v) is 4.71. The predicted octanol–water partition coefficient (Wildman–Crippen LogP) is -3.68. The number of amides is 3. The number of carboxylic acids is 1. The van der Waals surface area contributed by atoms with Crippen molar-refractivity contribution < 1.29 is 34.5 Å². The van der Waals surface area contributed by atoms with Crippen LogP contribution in [0.4, 0.5) is 0 Å². The monoisotopic (exact) mass is 475 g/mol. The summed E-state index contributed by atoms with van der Waals surface area (Å²) in [5.41, 5.74) is 16.1. The second kappa shape index (κ2) is 14.2. The van der Waals surface area contributed by atoms with Crippen LogP contribution in [0.5, 0.6) is 0 Å². The number of carbonyl (C=O) groups is 4. The maximum Gasteiger partial charge on any atom is 0.326 e. The quantitative estimate of drug-likeness (QED) is 0.0675. The van der Waals surface area contributed by atoms with Gasteiger partial charge in [0.05, 0.1) is 18.2 Å². The molecular weight excluding hydrogens is 438 g/mol. The zero-order valence-corrected chi connectivity index (χ0v) is 19.3. The molecular formula is C19H37N7O7. The highest BCUT2D eigenvalue weighted by molar-refractivity contribution is 5.94. The number of nitrogens with zero attached hydrogens (tertiary/aromatic N) is 1. The van der Waals surface area contributed by atoms with E-state index in [1.54, 1.807) is 13.8 Å². The largest absolute Gasteiger partial charge is 0.480 e. The van der Waals surface area contributed by atoms with Gasteiger partial charge in [0.2, 0.25) is 17.7 Å². The van der Waals surface area contributed by atoms with Crippen molar-refractivity contribution >= 4 is 29.7 Å². The fraction of sp³-hybridized carbons (Fsp3) is 0.737. The molecule has 12 N–H and O–H groups in total. The number of aliphatic carboxylic acids is 1. The molecule has 0 aromatic rings. The summed E-state index contributed by atoms with van der Waals surface area (Å²) in [7, 11) is 0.